The van der Waals surface area contributed by atoms with Gasteiger partial charge in [-0.25, -0.2) is 4.79 Å². The maximum absolute atomic E-state index is 12.1. The smallest absolute Gasteiger partial charge is 0.337 e. The molecule has 132 valence electrons. The van der Waals surface area contributed by atoms with E-state index in [-0.39, 0.29) is 5.57 Å². The van der Waals surface area contributed by atoms with Gasteiger partial charge in [-0.05, 0) is 42.0 Å². The Morgan fingerprint density at radius 1 is 1.15 bits per heavy atom. The number of methoxy groups -OCH3 is 1. The van der Waals surface area contributed by atoms with Crippen LogP contribution in [0.25, 0.3) is 0 Å². The van der Waals surface area contributed by atoms with Gasteiger partial charge in [-0.2, -0.15) is 5.26 Å². The summed E-state index contributed by atoms with van der Waals surface area (Å²) in [5.41, 5.74) is 1.81. The number of anilines is 1. The molecule has 0 radical (unpaired) electrons. The summed E-state index contributed by atoms with van der Waals surface area (Å²) in [6.45, 7) is 0.390. The predicted octanol–water partition coefficient (Wildman–Crippen LogP) is 3.26. The first-order valence-electron chi connectivity index (χ1n) is 7.61. The number of rotatable bonds is 6. The highest BCUT2D eigenvalue weighted by Gasteiger charge is 2.09. The zero-order valence-corrected chi connectivity index (χ0v) is 14.7. The number of hydrogen-bond donors (Lipinski definition) is 2. The fraction of sp³-hybridized carbons (Fsp3) is 0.105. The first kappa shape index (κ1) is 19.0. The summed E-state index contributed by atoms with van der Waals surface area (Å²) in [5.74, 6) is -0.932. The van der Waals surface area contributed by atoms with E-state index in [2.05, 4.69) is 15.4 Å². The van der Waals surface area contributed by atoms with Crippen molar-refractivity contribution in [2.75, 3.05) is 12.4 Å². The lowest BCUT2D eigenvalue weighted by molar-refractivity contribution is -0.112. The lowest BCUT2D eigenvalue weighted by Gasteiger charge is -2.06. The van der Waals surface area contributed by atoms with Gasteiger partial charge in [-0.15, -0.1) is 0 Å². The fourth-order valence-corrected chi connectivity index (χ4v) is 2.15. The van der Waals surface area contributed by atoms with Gasteiger partial charge in [0, 0.05) is 23.5 Å². The number of halogens is 1. The number of benzene rings is 2. The molecule has 0 spiro atoms. The number of ether oxygens (including phenoxy) is 1. The first-order valence-corrected chi connectivity index (χ1v) is 7.99. The van der Waals surface area contributed by atoms with Crippen LogP contribution in [-0.2, 0) is 16.1 Å². The van der Waals surface area contributed by atoms with Gasteiger partial charge < -0.3 is 15.4 Å². The van der Waals surface area contributed by atoms with Gasteiger partial charge in [-0.1, -0.05) is 23.7 Å². The van der Waals surface area contributed by atoms with Crippen molar-refractivity contribution in [2.45, 2.75) is 6.54 Å². The average Bonchev–Trinajstić information content (AvgIpc) is 2.66. The van der Waals surface area contributed by atoms with Gasteiger partial charge in [0.25, 0.3) is 5.91 Å². The minimum absolute atomic E-state index is 0.0638. The van der Waals surface area contributed by atoms with Crippen molar-refractivity contribution in [3.05, 3.63) is 76.5 Å². The molecule has 0 aliphatic carbocycles. The lowest BCUT2D eigenvalue weighted by Crippen LogP contribution is -2.16. The Morgan fingerprint density at radius 3 is 2.38 bits per heavy atom. The highest BCUT2D eigenvalue weighted by atomic mass is 35.5. The molecule has 0 atom stereocenters. The Morgan fingerprint density at radius 2 is 1.81 bits per heavy atom. The largest absolute Gasteiger partial charge is 0.465 e. The summed E-state index contributed by atoms with van der Waals surface area (Å²) >= 11 is 5.79. The van der Waals surface area contributed by atoms with Crippen LogP contribution in [0, 0.1) is 11.3 Å². The van der Waals surface area contributed by atoms with Crippen LogP contribution < -0.4 is 10.6 Å². The molecule has 0 aliphatic rings. The molecular weight excluding hydrogens is 354 g/mol. The van der Waals surface area contributed by atoms with E-state index in [9.17, 15) is 9.59 Å². The van der Waals surface area contributed by atoms with Gasteiger partial charge in [0.1, 0.15) is 11.6 Å². The Hall–Kier alpha value is -3.30. The third-order valence-electron chi connectivity index (χ3n) is 3.39. The number of nitrogens with one attached hydrogen (secondary N) is 2. The molecule has 2 aromatic carbocycles. The van der Waals surface area contributed by atoms with E-state index in [4.69, 9.17) is 16.9 Å². The first-order chi connectivity index (χ1) is 12.5. The Kier molecular flexibility index (Phi) is 6.77. The van der Waals surface area contributed by atoms with Crippen molar-refractivity contribution < 1.29 is 14.3 Å². The molecule has 26 heavy (non-hydrogen) atoms. The SMILES string of the molecule is COC(=O)c1ccc(CN/C=C(/C#N)C(=O)Nc2ccc(Cl)cc2)cc1. The van der Waals surface area contributed by atoms with Gasteiger partial charge in [-0.3, -0.25) is 4.79 Å². The average molecular weight is 370 g/mol. The second-order valence-electron chi connectivity index (χ2n) is 5.20. The number of nitriles is 1. The Labute approximate surface area is 156 Å². The van der Waals surface area contributed by atoms with Crippen LogP contribution in [0.1, 0.15) is 15.9 Å². The lowest BCUT2D eigenvalue weighted by atomic mass is 10.1. The van der Waals surface area contributed by atoms with E-state index < -0.39 is 11.9 Å². The number of nitrogens with zero attached hydrogens (tertiary/aromatic N) is 1. The molecule has 0 aliphatic heterocycles. The quantitative estimate of drug-likeness (QED) is 0.463. The molecular formula is C19H16ClN3O3. The summed E-state index contributed by atoms with van der Waals surface area (Å²) in [7, 11) is 1.32. The van der Waals surface area contributed by atoms with Crippen LogP contribution in [0.5, 0.6) is 0 Å². The van der Waals surface area contributed by atoms with Gasteiger partial charge in [0.2, 0.25) is 0 Å². The van der Waals surface area contributed by atoms with Crippen molar-refractivity contribution in [1.82, 2.24) is 5.32 Å². The maximum atomic E-state index is 12.1. The number of esters is 1. The maximum Gasteiger partial charge on any atom is 0.337 e. The normalized spacial score (nSPS) is 10.6. The second kappa shape index (κ2) is 9.25. The van der Waals surface area contributed by atoms with Crippen LogP contribution in [0.15, 0.2) is 60.3 Å². The number of amides is 1. The van der Waals surface area contributed by atoms with E-state index in [1.165, 1.54) is 13.3 Å². The summed E-state index contributed by atoms with van der Waals surface area (Å²) in [5, 5.41) is 15.2. The predicted molar refractivity (Wildman–Crippen MR) is 98.4 cm³/mol. The molecule has 7 heteroatoms. The molecule has 0 unspecified atom stereocenters. The highest BCUT2D eigenvalue weighted by molar-refractivity contribution is 6.30. The standard InChI is InChI=1S/C19H16ClN3O3/c1-26-19(25)14-4-2-13(3-5-14)11-22-12-15(10-21)18(24)23-17-8-6-16(20)7-9-17/h2-9,12,22H,11H2,1H3,(H,23,24)/b15-12-. The highest BCUT2D eigenvalue weighted by Crippen LogP contribution is 2.14. The van der Waals surface area contributed by atoms with Gasteiger partial charge in [0.15, 0.2) is 0 Å². The molecule has 2 rings (SSSR count). The topological polar surface area (TPSA) is 91.2 Å². The van der Waals surface area contributed by atoms with Crippen molar-refractivity contribution in [2.24, 2.45) is 0 Å². The minimum atomic E-state index is -0.525. The monoisotopic (exact) mass is 369 g/mol. The Balaban J connectivity index is 1.94. The van der Waals surface area contributed by atoms with E-state index in [0.29, 0.717) is 22.8 Å². The number of carbonyl (C=O) groups excluding carboxylic acids is 2. The van der Waals surface area contributed by atoms with E-state index in [1.54, 1.807) is 48.5 Å². The second-order valence-corrected chi connectivity index (χ2v) is 5.64. The third kappa shape index (κ3) is 5.36. The molecule has 0 saturated carbocycles. The van der Waals surface area contributed by atoms with Crippen LogP contribution in [0.3, 0.4) is 0 Å². The van der Waals surface area contributed by atoms with Crippen LogP contribution >= 0.6 is 11.6 Å². The van der Waals surface area contributed by atoms with E-state index in [0.717, 1.165) is 5.56 Å². The molecule has 0 aromatic heterocycles. The zero-order chi connectivity index (χ0) is 18.9. The molecule has 2 aromatic rings. The Bertz CT molecular complexity index is 853. The summed E-state index contributed by atoms with van der Waals surface area (Å²) in [4.78, 5) is 23.5. The summed E-state index contributed by atoms with van der Waals surface area (Å²) in [6.07, 6.45) is 1.35. The number of carbonyl (C=O) groups is 2. The van der Waals surface area contributed by atoms with E-state index in [1.807, 2.05) is 6.07 Å². The minimum Gasteiger partial charge on any atom is -0.465 e. The third-order valence-corrected chi connectivity index (χ3v) is 3.65. The van der Waals surface area contributed by atoms with Crippen LogP contribution in [0.4, 0.5) is 5.69 Å². The number of hydrogen-bond acceptors (Lipinski definition) is 5. The molecule has 6 nitrogen and oxygen atoms in total. The van der Waals surface area contributed by atoms with Crippen molar-refractivity contribution in [1.29, 1.82) is 5.26 Å². The fourth-order valence-electron chi connectivity index (χ4n) is 2.03. The molecule has 0 saturated heterocycles. The molecule has 0 bridgehead atoms. The summed E-state index contributed by atoms with van der Waals surface area (Å²) in [6, 6.07) is 15.2. The van der Waals surface area contributed by atoms with Gasteiger partial charge in [0.05, 0.1) is 12.7 Å². The van der Waals surface area contributed by atoms with Crippen molar-refractivity contribution in [3.8, 4) is 6.07 Å². The van der Waals surface area contributed by atoms with Crippen molar-refractivity contribution >= 4 is 29.2 Å². The van der Waals surface area contributed by atoms with Crippen LogP contribution in [0.2, 0.25) is 5.02 Å². The molecule has 0 fully saturated rings. The van der Waals surface area contributed by atoms with Crippen LogP contribution in [-0.4, -0.2) is 19.0 Å². The van der Waals surface area contributed by atoms with Crippen molar-refractivity contribution in [3.63, 3.8) is 0 Å². The summed E-state index contributed by atoms with van der Waals surface area (Å²) < 4.78 is 4.63. The zero-order valence-electron chi connectivity index (χ0n) is 14.0. The van der Waals surface area contributed by atoms with Gasteiger partial charge >= 0.3 is 5.97 Å². The molecule has 2 N–H and O–H groups in total. The van der Waals surface area contributed by atoms with E-state index >= 15 is 0 Å². The molecule has 0 heterocycles. The molecule has 1 amide bonds.